The van der Waals surface area contributed by atoms with E-state index in [9.17, 15) is 9.59 Å². The van der Waals surface area contributed by atoms with E-state index in [1.807, 2.05) is 25.1 Å². The van der Waals surface area contributed by atoms with Crippen molar-refractivity contribution < 1.29 is 19.1 Å². The lowest BCUT2D eigenvalue weighted by atomic mass is 9.87. The summed E-state index contributed by atoms with van der Waals surface area (Å²) >= 11 is 6.85. The lowest BCUT2D eigenvalue weighted by Crippen LogP contribution is -2.43. The Balaban J connectivity index is 1.86. The zero-order valence-corrected chi connectivity index (χ0v) is 20.6. The van der Waals surface area contributed by atoms with Gasteiger partial charge < -0.3 is 9.47 Å². The van der Waals surface area contributed by atoms with Crippen LogP contribution < -0.4 is 20.3 Å². The fraction of sp³-hybridized carbons (Fsp3) is 0.364. The van der Waals surface area contributed by atoms with E-state index in [0.29, 0.717) is 28.1 Å². The van der Waals surface area contributed by atoms with E-state index in [1.54, 1.807) is 18.2 Å². The molecule has 2 N–H and O–H groups in total. The van der Waals surface area contributed by atoms with Gasteiger partial charge in [0.2, 0.25) is 0 Å². The van der Waals surface area contributed by atoms with Crippen molar-refractivity contribution in [3.05, 3.63) is 56.5 Å². The highest BCUT2D eigenvalue weighted by Crippen LogP contribution is 2.31. The number of benzene rings is 2. The van der Waals surface area contributed by atoms with E-state index in [-0.39, 0.29) is 12.0 Å². The number of nitrogens with one attached hydrogen (secondary N) is 2. The summed E-state index contributed by atoms with van der Waals surface area (Å²) in [5.41, 5.74) is 6.27. The highest BCUT2D eigenvalue weighted by atomic mass is 79.9. The molecule has 2 aromatic carbocycles. The first-order chi connectivity index (χ1) is 14.1. The number of ether oxygens (including phenoxy) is 2. The normalized spacial score (nSPS) is 11.0. The van der Waals surface area contributed by atoms with Crippen molar-refractivity contribution >= 4 is 43.7 Å². The zero-order valence-electron chi connectivity index (χ0n) is 17.5. The average Bonchev–Trinajstić information content (AvgIpc) is 2.69. The molecule has 8 heteroatoms. The molecule has 0 saturated carbocycles. The van der Waals surface area contributed by atoms with E-state index in [1.165, 1.54) is 0 Å². The molecule has 0 aliphatic heterocycles. The molecule has 30 heavy (non-hydrogen) atoms. The molecule has 2 amide bonds. The molecule has 0 saturated heterocycles. The van der Waals surface area contributed by atoms with Gasteiger partial charge in [-0.15, -0.1) is 0 Å². The maximum atomic E-state index is 12.3. The molecule has 2 aromatic rings. The second kappa shape index (κ2) is 10.8. The highest BCUT2D eigenvalue weighted by molar-refractivity contribution is 9.10. The second-order valence-corrected chi connectivity index (χ2v) is 9.39. The Labute approximate surface area is 193 Å². The van der Waals surface area contributed by atoms with Crippen molar-refractivity contribution in [1.29, 1.82) is 0 Å². The number of hydrazine groups is 1. The summed E-state index contributed by atoms with van der Waals surface area (Å²) in [6.45, 7) is 8.74. The Kier molecular flexibility index (Phi) is 8.73. The summed E-state index contributed by atoms with van der Waals surface area (Å²) in [5.74, 6) is 0.295. The fourth-order valence-electron chi connectivity index (χ4n) is 2.43. The summed E-state index contributed by atoms with van der Waals surface area (Å²) < 4.78 is 12.5. The molecule has 162 valence electrons. The first-order valence-electron chi connectivity index (χ1n) is 9.56. The number of carbonyl (C=O) groups is 2. The SMILES string of the molecule is CCCOc1ccc(C(=O)NNC(=O)COc2ccc(C(C)(C)C)cc2Br)cc1Br. The largest absolute Gasteiger partial charge is 0.492 e. The van der Waals surface area contributed by atoms with Crippen LogP contribution in [0.15, 0.2) is 45.3 Å². The summed E-state index contributed by atoms with van der Waals surface area (Å²) in [6.07, 6.45) is 0.889. The number of hydrogen-bond donors (Lipinski definition) is 2. The van der Waals surface area contributed by atoms with Crippen molar-refractivity contribution in [2.75, 3.05) is 13.2 Å². The Morgan fingerprint density at radius 3 is 2.17 bits per heavy atom. The molecule has 0 bridgehead atoms. The fourth-order valence-corrected chi connectivity index (χ4v) is 3.42. The van der Waals surface area contributed by atoms with Crippen LogP contribution in [0.5, 0.6) is 11.5 Å². The molecule has 0 fully saturated rings. The predicted molar refractivity (Wildman–Crippen MR) is 124 cm³/mol. The van der Waals surface area contributed by atoms with Crippen LogP contribution in [0.2, 0.25) is 0 Å². The quantitative estimate of drug-likeness (QED) is 0.476. The number of amides is 2. The molecule has 0 heterocycles. The smallest absolute Gasteiger partial charge is 0.276 e. The van der Waals surface area contributed by atoms with E-state index < -0.39 is 11.8 Å². The van der Waals surface area contributed by atoms with Crippen molar-refractivity contribution in [2.24, 2.45) is 0 Å². The van der Waals surface area contributed by atoms with Gasteiger partial charge in [-0.1, -0.05) is 33.8 Å². The van der Waals surface area contributed by atoms with Crippen LogP contribution >= 0.6 is 31.9 Å². The third kappa shape index (κ3) is 7.02. The zero-order chi connectivity index (χ0) is 22.3. The summed E-state index contributed by atoms with van der Waals surface area (Å²) in [6, 6.07) is 10.7. The molecule has 0 aromatic heterocycles. The minimum absolute atomic E-state index is 0.0119. The minimum atomic E-state index is -0.475. The Morgan fingerprint density at radius 1 is 0.933 bits per heavy atom. The van der Waals surface area contributed by atoms with Gasteiger partial charge in [-0.2, -0.15) is 0 Å². The van der Waals surface area contributed by atoms with E-state index in [0.717, 1.165) is 16.5 Å². The van der Waals surface area contributed by atoms with Crippen molar-refractivity contribution in [3.8, 4) is 11.5 Å². The van der Waals surface area contributed by atoms with Crippen LogP contribution in [0.25, 0.3) is 0 Å². The lowest BCUT2D eigenvalue weighted by Gasteiger charge is -2.20. The van der Waals surface area contributed by atoms with E-state index >= 15 is 0 Å². The molecule has 0 spiro atoms. The molecular weight excluding hydrogens is 516 g/mol. The standard InChI is InChI=1S/C22H26Br2N2O4/c1-5-10-29-18-8-6-14(11-16(18)23)21(28)26-25-20(27)13-30-19-9-7-15(12-17(19)24)22(2,3)4/h6-9,11-12H,5,10,13H2,1-4H3,(H,25,27)(H,26,28). The van der Waals surface area contributed by atoms with E-state index in [2.05, 4.69) is 63.5 Å². The van der Waals surface area contributed by atoms with Gasteiger partial charge >= 0.3 is 0 Å². The molecule has 0 radical (unpaired) electrons. The van der Waals surface area contributed by atoms with E-state index in [4.69, 9.17) is 9.47 Å². The molecule has 0 unspecified atom stereocenters. The molecule has 0 atom stereocenters. The van der Waals surface area contributed by atoms with Gasteiger partial charge in [0.1, 0.15) is 11.5 Å². The Hall–Kier alpha value is -2.06. The maximum absolute atomic E-state index is 12.3. The monoisotopic (exact) mass is 540 g/mol. The van der Waals surface area contributed by atoms with Crippen LogP contribution in [0.4, 0.5) is 0 Å². The van der Waals surface area contributed by atoms with Gasteiger partial charge in [0.25, 0.3) is 11.8 Å². The number of rotatable bonds is 7. The molecular formula is C22H26Br2N2O4. The Bertz CT molecular complexity index is 910. The lowest BCUT2D eigenvalue weighted by molar-refractivity contribution is -0.123. The number of carbonyl (C=O) groups excluding carboxylic acids is 2. The van der Waals surface area contributed by atoms with Gasteiger partial charge in [-0.25, -0.2) is 0 Å². The van der Waals surface area contributed by atoms with Gasteiger partial charge in [-0.3, -0.25) is 20.4 Å². The number of hydrogen-bond acceptors (Lipinski definition) is 4. The van der Waals surface area contributed by atoms with Crippen molar-refractivity contribution in [2.45, 2.75) is 39.5 Å². The van der Waals surface area contributed by atoms with Gasteiger partial charge in [0.05, 0.1) is 15.6 Å². The van der Waals surface area contributed by atoms with Crippen LogP contribution in [0, 0.1) is 0 Å². The summed E-state index contributed by atoms with van der Waals surface area (Å²) in [7, 11) is 0. The van der Waals surface area contributed by atoms with Crippen LogP contribution in [0.1, 0.15) is 50.0 Å². The third-order valence-electron chi connectivity index (χ3n) is 4.13. The molecule has 0 aliphatic rings. The number of halogens is 2. The van der Waals surface area contributed by atoms with Crippen LogP contribution in [-0.2, 0) is 10.2 Å². The first kappa shape index (κ1) is 24.2. The molecule has 2 rings (SSSR count). The highest BCUT2D eigenvalue weighted by Gasteiger charge is 2.16. The van der Waals surface area contributed by atoms with Gasteiger partial charge in [-0.05, 0) is 79.6 Å². The molecule has 6 nitrogen and oxygen atoms in total. The second-order valence-electron chi connectivity index (χ2n) is 7.68. The maximum Gasteiger partial charge on any atom is 0.276 e. The average molecular weight is 542 g/mol. The minimum Gasteiger partial charge on any atom is -0.492 e. The van der Waals surface area contributed by atoms with Crippen molar-refractivity contribution in [3.63, 3.8) is 0 Å². The predicted octanol–water partition coefficient (Wildman–Crippen LogP) is 5.14. The summed E-state index contributed by atoms with van der Waals surface area (Å²) in [5, 5.41) is 0. The van der Waals surface area contributed by atoms with Crippen LogP contribution in [-0.4, -0.2) is 25.0 Å². The first-order valence-corrected chi connectivity index (χ1v) is 11.1. The van der Waals surface area contributed by atoms with Gasteiger partial charge in [0.15, 0.2) is 6.61 Å². The summed E-state index contributed by atoms with van der Waals surface area (Å²) in [4.78, 5) is 24.3. The topological polar surface area (TPSA) is 76.7 Å². The van der Waals surface area contributed by atoms with Crippen LogP contribution in [0.3, 0.4) is 0 Å². The third-order valence-corrected chi connectivity index (χ3v) is 5.37. The van der Waals surface area contributed by atoms with Crippen molar-refractivity contribution in [1.82, 2.24) is 10.9 Å². The van der Waals surface area contributed by atoms with Gasteiger partial charge in [0, 0.05) is 5.56 Å². The molecule has 0 aliphatic carbocycles. The Morgan fingerprint density at radius 2 is 1.57 bits per heavy atom.